The second-order valence-electron chi connectivity index (χ2n) is 3.62. The summed E-state index contributed by atoms with van der Waals surface area (Å²) in [6.07, 6.45) is 5.54. The van der Waals surface area contributed by atoms with E-state index in [1.54, 1.807) is 13.3 Å². The largest absolute Gasteiger partial charge is 0.497 e. The quantitative estimate of drug-likeness (QED) is 0.742. The molecule has 0 fully saturated rings. The van der Waals surface area contributed by atoms with Crippen molar-refractivity contribution in [3.63, 3.8) is 0 Å². The third-order valence-electron chi connectivity index (χ3n) is 2.33. The number of nitrogens with zero attached hydrogens (tertiary/aromatic N) is 1. The average Bonchev–Trinajstić information content (AvgIpc) is 2.37. The molecule has 1 heterocycles. The minimum absolute atomic E-state index is 0.498. The summed E-state index contributed by atoms with van der Waals surface area (Å²) in [5, 5.41) is 0. The summed E-state index contributed by atoms with van der Waals surface area (Å²) in [5.41, 5.74) is 1.80. The van der Waals surface area contributed by atoms with Crippen molar-refractivity contribution in [2.24, 2.45) is 4.99 Å². The van der Waals surface area contributed by atoms with E-state index in [2.05, 4.69) is 11.6 Å². The molecule has 17 heavy (non-hydrogen) atoms. The normalized spacial score (nSPS) is 13.9. The molecule has 2 rings (SSSR count). The summed E-state index contributed by atoms with van der Waals surface area (Å²) in [4.78, 5) is 4.04. The molecule has 0 N–H and O–H groups in total. The zero-order chi connectivity index (χ0) is 12.1. The van der Waals surface area contributed by atoms with Gasteiger partial charge in [0.15, 0.2) is 12.2 Å². The lowest BCUT2D eigenvalue weighted by atomic mass is 10.1. The van der Waals surface area contributed by atoms with Crippen molar-refractivity contribution in [1.29, 1.82) is 0 Å². The molecule has 0 unspecified atom stereocenters. The number of methoxy groups -OCH3 is 1. The van der Waals surface area contributed by atoms with Gasteiger partial charge in [-0.25, -0.2) is 4.99 Å². The van der Waals surface area contributed by atoms with Crippen molar-refractivity contribution >= 4 is 6.21 Å². The number of allylic oxidation sites excluding steroid dienone is 1. The lowest BCUT2D eigenvalue weighted by Gasteiger charge is -2.07. The third-order valence-corrected chi connectivity index (χ3v) is 2.33. The summed E-state index contributed by atoms with van der Waals surface area (Å²) in [7, 11) is 1.64. The second kappa shape index (κ2) is 5.25. The fraction of sp³-hybridized carbons (Fsp3) is 0.143. The highest BCUT2D eigenvalue weighted by molar-refractivity contribution is 5.76. The minimum Gasteiger partial charge on any atom is -0.497 e. The van der Waals surface area contributed by atoms with Crippen LogP contribution < -0.4 is 9.47 Å². The first-order chi connectivity index (χ1) is 8.28. The Morgan fingerprint density at radius 3 is 2.94 bits per heavy atom. The molecular formula is C14H14NO2+. The third kappa shape index (κ3) is 3.14. The highest BCUT2D eigenvalue weighted by atomic mass is 16.5. The van der Waals surface area contributed by atoms with Gasteiger partial charge in [0.25, 0.3) is 0 Å². The summed E-state index contributed by atoms with van der Waals surface area (Å²) in [6, 6.07) is 7.53. The van der Waals surface area contributed by atoms with Crippen molar-refractivity contribution in [3.05, 3.63) is 54.6 Å². The van der Waals surface area contributed by atoms with Crippen LogP contribution in [0.5, 0.6) is 11.5 Å². The van der Waals surface area contributed by atoms with Crippen LogP contribution in [0.25, 0.3) is 0 Å². The smallest absolute Gasteiger partial charge is 0.153 e. The van der Waals surface area contributed by atoms with Gasteiger partial charge in [-0.2, -0.15) is 0 Å². The monoisotopic (exact) mass is 228 g/mol. The molecule has 86 valence electrons. The fourth-order valence-corrected chi connectivity index (χ4v) is 1.48. The van der Waals surface area contributed by atoms with E-state index in [0.29, 0.717) is 6.61 Å². The predicted molar refractivity (Wildman–Crippen MR) is 68.5 cm³/mol. The molecule has 1 aromatic carbocycles. The van der Waals surface area contributed by atoms with Crippen molar-refractivity contribution in [2.45, 2.75) is 0 Å². The number of benzene rings is 1. The van der Waals surface area contributed by atoms with Crippen molar-refractivity contribution < 1.29 is 9.47 Å². The molecule has 0 atom stereocenters. The highest BCUT2D eigenvalue weighted by Gasteiger charge is 2.12. The standard InChI is InChI=1S/C14H14NO2/c1-11-8-12(6-7-15-11)10-17-14-5-3-4-13(9-14)16-2/h3-9H,1,10H2,2H3/q+1. The molecule has 0 saturated carbocycles. The first-order valence-corrected chi connectivity index (χ1v) is 5.31. The Hall–Kier alpha value is -2.16. The minimum atomic E-state index is 0.498. The molecule has 0 spiro atoms. The van der Waals surface area contributed by atoms with Crippen LogP contribution in [0, 0.1) is 6.42 Å². The van der Waals surface area contributed by atoms with Gasteiger partial charge in [-0.1, -0.05) is 12.6 Å². The first kappa shape index (κ1) is 11.3. The summed E-state index contributed by atoms with van der Waals surface area (Å²) >= 11 is 0. The number of hydrogen-bond donors (Lipinski definition) is 0. The predicted octanol–water partition coefficient (Wildman–Crippen LogP) is 2.80. The molecule has 3 heteroatoms. The average molecular weight is 228 g/mol. The van der Waals surface area contributed by atoms with Gasteiger partial charge >= 0.3 is 0 Å². The van der Waals surface area contributed by atoms with Crippen LogP contribution in [-0.2, 0) is 0 Å². The second-order valence-corrected chi connectivity index (χ2v) is 3.62. The van der Waals surface area contributed by atoms with Crippen LogP contribution in [0.3, 0.4) is 0 Å². The van der Waals surface area contributed by atoms with Crippen molar-refractivity contribution in [1.82, 2.24) is 0 Å². The van der Waals surface area contributed by atoms with Gasteiger partial charge in [0.05, 0.1) is 19.6 Å². The van der Waals surface area contributed by atoms with Crippen LogP contribution >= 0.6 is 0 Å². The molecule has 3 nitrogen and oxygen atoms in total. The van der Waals surface area contributed by atoms with Crippen LogP contribution in [0.2, 0.25) is 0 Å². The Balaban J connectivity index is 1.95. The van der Waals surface area contributed by atoms with Crippen LogP contribution in [-0.4, -0.2) is 19.9 Å². The highest BCUT2D eigenvalue weighted by Crippen LogP contribution is 2.20. The van der Waals surface area contributed by atoms with Crippen LogP contribution in [0.1, 0.15) is 0 Å². The van der Waals surface area contributed by atoms with Crippen LogP contribution in [0.15, 0.2) is 53.2 Å². The van der Waals surface area contributed by atoms with Crippen molar-refractivity contribution in [3.8, 4) is 11.5 Å². The molecule has 1 aliphatic heterocycles. The number of rotatable bonds is 4. The van der Waals surface area contributed by atoms with Gasteiger partial charge in [-0.15, -0.1) is 0 Å². The van der Waals surface area contributed by atoms with E-state index in [4.69, 9.17) is 9.47 Å². The lowest BCUT2D eigenvalue weighted by molar-refractivity contribution is 0.349. The number of dihydropyridines is 1. The maximum absolute atomic E-state index is 5.65. The topological polar surface area (TPSA) is 30.8 Å². The number of ether oxygens (including phenoxy) is 2. The van der Waals surface area contributed by atoms with E-state index in [9.17, 15) is 0 Å². The van der Waals surface area contributed by atoms with Gasteiger partial charge in [0.1, 0.15) is 23.4 Å². The Morgan fingerprint density at radius 2 is 2.18 bits per heavy atom. The maximum Gasteiger partial charge on any atom is 0.153 e. The van der Waals surface area contributed by atoms with E-state index >= 15 is 0 Å². The summed E-state index contributed by atoms with van der Waals surface area (Å²) < 4.78 is 10.8. The molecule has 1 aromatic rings. The molecule has 0 aromatic heterocycles. The van der Waals surface area contributed by atoms with Gasteiger partial charge in [0, 0.05) is 6.07 Å². The molecular weight excluding hydrogens is 214 g/mol. The Morgan fingerprint density at radius 1 is 1.35 bits per heavy atom. The van der Waals surface area contributed by atoms with Gasteiger partial charge in [0.2, 0.25) is 0 Å². The lowest BCUT2D eigenvalue weighted by Crippen LogP contribution is -2.05. The van der Waals surface area contributed by atoms with Crippen LogP contribution in [0.4, 0.5) is 0 Å². The molecule has 0 aliphatic carbocycles. The fourth-order valence-electron chi connectivity index (χ4n) is 1.48. The van der Waals surface area contributed by atoms with E-state index in [0.717, 1.165) is 22.8 Å². The van der Waals surface area contributed by atoms with E-state index in [-0.39, 0.29) is 0 Å². The Kier molecular flexibility index (Phi) is 3.50. The van der Waals surface area contributed by atoms with Gasteiger partial charge < -0.3 is 9.47 Å². The van der Waals surface area contributed by atoms with Crippen molar-refractivity contribution in [2.75, 3.05) is 13.7 Å². The Labute approximate surface area is 101 Å². The molecule has 1 aliphatic rings. The maximum atomic E-state index is 5.65. The first-order valence-electron chi connectivity index (χ1n) is 5.31. The zero-order valence-corrected chi connectivity index (χ0v) is 9.72. The zero-order valence-electron chi connectivity index (χ0n) is 9.72. The van der Waals surface area contributed by atoms with Gasteiger partial charge in [-0.05, 0) is 12.1 Å². The number of hydrogen-bond acceptors (Lipinski definition) is 3. The Bertz CT molecular complexity index is 475. The summed E-state index contributed by atoms with van der Waals surface area (Å²) in [6.45, 7) is 4.28. The SMILES string of the molecule is C=C1C=C(COc2cccc(OC)c2)[CH+]C=N1. The molecule has 0 saturated heterocycles. The van der Waals surface area contributed by atoms with E-state index in [1.165, 1.54) is 0 Å². The number of aliphatic imine (C=N–C) groups is 1. The summed E-state index contributed by atoms with van der Waals surface area (Å²) in [5.74, 6) is 1.57. The van der Waals surface area contributed by atoms with Gasteiger partial charge in [-0.3, -0.25) is 0 Å². The molecule has 0 amide bonds. The molecule has 0 bridgehead atoms. The molecule has 0 radical (unpaired) electrons. The van der Waals surface area contributed by atoms with E-state index < -0.39 is 0 Å². The van der Waals surface area contributed by atoms with E-state index in [1.807, 2.05) is 36.8 Å².